The summed E-state index contributed by atoms with van der Waals surface area (Å²) < 4.78 is 15.4. The minimum atomic E-state index is -0.303. The first-order chi connectivity index (χ1) is 8.47. The first-order valence-electron chi connectivity index (χ1n) is 5.43. The van der Waals surface area contributed by atoms with Crippen LogP contribution in [0, 0.1) is 19.7 Å². The molecule has 18 heavy (non-hydrogen) atoms. The van der Waals surface area contributed by atoms with Crippen LogP contribution < -0.4 is 5.73 Å². The van der Waals surface area contributed by atoms with E-state index in [-0.39, 0.29) is 10.8 Å². The molecule has 0 fully saturated rings. The second kappa shape index (κ2) is 4.81. The number of aryl methyl sites for hydroxylation is 2. The molecule has 2 N–H and O–H groups in total. The van der Waals surface area contributed by atoms with Crippen LogP contribution in [-0.2, 0) is 6.54 Å². The first-order valence-corrected chi connectivity index (χ1v) is 5.84. The Bertz CT molecular complexity index is 606. The van der Waals surface area contributed by atoms with Crippen molar-refractivity contribution in [3.05, 3.63) is 46.8 Å². The lowest BCUT2D eigenvalue weighted by molar-refractivity contribution is 0.578. The van der Waals surface area contributed by atoms with E-state index in [0.29, 0.717) is 23.5 Å². The number of halogens is 1. The number of aromatic nitrogens is 3. The molecular formula is C12H13FN4S. The molecule has 0 bridgehead atoms. The highest BCUT2D eigenvalue weighted by atomic mass is 32.1. The average molecular weight is 264 g/mol. The van der Waals surface area contributed by atoms with Crippen LogP contribution in [0.5, 0.6) is 0 Å². The lowest BCUT2D eigenvalue weighted by atomic mass is 10.1. The SMILES string of the molecule is Cc1nc(C)n(Cc2cc(C(N)=S)ccc2F)n1. The van der Waals surface area contributed by atoms with E-state index in [2.05, 4.69) is 10.1 Å². The first kappa shape index (κ1) is 12.6. The van der Waals surface area contributed by atoms with Gasteiger partial charge in [0.2, 0.25) is 0 Å². The summed E-state index contributed by atoms with van der Waals surface area (Å²) in [6.45, 7) is 3.94. The van der Waals surface area contributed by atoms with E-state index >= 15 is 0 Å². The van der Waals surface area contributed by atoms with Crippen molar-refractivity contribution in [2.24, 2.45) is 5.73 Å². The molecule has 2 aromatic rings. The van der Waals surface area contributed by atoms with Crippen LogP contribution in [0.3, 0.4) is 0 Å². The summed E-state index contributed by atoms with van der Waals surface area (Å²) in [5.74, 6) is 1.11. The molecule has 0 aliphatic heterocycles. The molecular weight excluding hydrogens is 251 g/mol. The zero-order valence-corrected chi connectivity index (χ0v) is 11.0. The Hall–Kier alpha value is -1.82. The molecule has 0 saturated carbocycles. The quantitative estimate of drug-likeness (QED) is 0.858. The van der Waals surface area contributed by atoms with Gasteiger partial charge < -0.3 is 5.73 Å². The normalized spacial score (nSPS) is 10.6. The number of benzene rings is 1. The lowest BCUT2D eigenvalue weighted by Crippen LogP contribution is -2.12. The van der Waals surface area contributed by atoms with Crippen LogP contribution in [0.1, 0.15) is 22.8 Å². The highest BCUT2D eigenvalue weighted by molar-refractivity contribution is 7.80. The number of hydrogen-bond acceptors (Lipinski definition) is 3. The highest BCUT2D eigenvalue weighted by Crippen LogP contribution is 2.13. The number of hydrogen-bond donors (Lipinski definition) is 1. The minimum absolute atomic E-state index is 0.253. The van der Waals surface area contributed by atoms with E-state index in [4.69, 9.17) is 18.0 Å². The van der Waals surface area contributed by atoms with Gasteiger partial charge in [-0.2, -0.15) is 5.10 Å². The molecule has 0 saturated heterocycles. The van der Waals surface area contributed by atoms with Gasteiger partial charge in [-0.1, -0.05) is 12.2 Å². The van der Waals surface area contributed by atoms with Crippen LogP contribution in [0.15, 0.2) is 18.2 Å². The van der Waals surface area contributed by atoms with Crippen molar-refractivity contribution >= 4 is 17.2 Å². The van der Waals surface area contributed by atoms with Gasteiger partial charge in [-0.05, 0) is 32.0 Å². The molecule has 0 spiro atoms. The van der Waals surface area contributed by atoms with Gasteiger partial charge in [0, 0.05) is 11.1 Å². The standard InChI is InChI=1S/C12H13FN4S/c1-7-15-8(2)17(16-7)6-10-5-9(12(14)18)3-4-11(10)13/h3-5H,6H2,1-2H3,(H2,14,18). The second-order valence-electron chi connectivity index (χ2n) is 4.03. The van der Waals surface area contributed by atoms with E-state index in [1.807, 2.05) is 6.92 Å². The van der Waals surface area contributed by atoms with Crippen molar-refractivity contribution in [2.45, 2.75) is 20.4 Å². The van der Waals surface area contributed by atoms with Gasteiger partial charge >= 0.3 is 0 Å². The van der Waals surface area contributed by atoms with Crippen molar-refractivity contribution in [1.82, 2.24) is 14.8 Å². The van der Waals surface area contributed by atoms with Gasteiger partial charge in [0.25, 0.3) is 0 Å². The Morgan fingerprint density at radius 1 is 1.44 bits per heavy atom. The largest absolute Gasteiger partial charge is 0.389 e. The van der Waals surface area contributed by atoms with E-state index in [0.717, 1.165) is 5.82 Å². The molecule has 0 amide bonds. The van der Waals surface area contributed by atoms with Crippen LogP contribution in [0.25, 0.3) is 0 Å². The fraction of sp³-hybridized carbons (Fsp3) is 0.250. The number of nitrogens with zero attached hydrogens (tertiary/aromatic N) is 3. The lowest BCUT2D eigenvalue weighted by Gasteiger charge is -2.07. The molecule has 1 aromatic heterocycles. The zero-order chi connectivity index (χ0) is 13.3. The average Bonchev–Trinajstić information content (AvgIpc) is 2.60. The van der Waals surface area contributed by atoms with Crippen LogP contribution in [-0.4, -0.2) is 19.8 Å². The van der Waals surface area contributed by atoms with Crippen molar-refractivity contribution < 1.29 is 4.39 Å². The van der Waals surface area contributed by atoms with Gasteiger partial charge in [0.05, 0.1) is 6.54 Å². The maximum atomic E-state index is 13.7. The highest BCUT2D eigenvalue weighted by Gasteiger charge is 2.09. The molecule has 0 aliphatic rings. The van der Waals surface area contributed by atoms with E-state index in [9.17, 15) is 4.39 Å². The molecule has 1 aromatic carbocycles. The smallest absolute Gasteiger partial charge is 0.147 e. The second-order valence-corrected chi connectivity index (χ2v) is 4.47. The van der Waals surface area contributed by atoms with E-state index in [1.54, 1.807) is 23.7 Å². The fourth-order valence-corrected chi connectivity index (χ4v) is 1.85. The summed E-state index contributed by atoms with van der Waals surface area (Å²) in [6.07, 6.45) is 0. The summed E-state index contributed by atoms with van der Waals surface area (Å²) in [6, 6.07) is 4.58. The third-order valence-electron chi connectivity index (χ3n) is 2.61. The number of rotatable bonds is 3. The zero-order valence-electron chi connectivity index (χ0n) is 10.1. The summed E-state index contributed by atoms with van der Waals surface area (Å²) in [5, 5.41) is 4.20. The van der Waals surface area contributed by atoms with Gasteiger partial charge in [0.15, 0.2) is 0 Å². The van der Waals surface area contributed by atoms with Crippen molar-refractivity contribution in [1.29, 1.82) is 0 Å². The van der Waals surface area contributed by atoms with Crippen molar-refractivity contribution in [3.8, 4) is 0 Å². The minimum Gasteiger partial charge on any atom is -0.389 e. The number of nitrogens with two attached hydrogens (primary N) is 1. The monoisotopic (exact) mass is 264 g/mol. The Morgan fingerprint density at radius 2 is 2.17 bits per heavy atom. The van der Waals surface area contributed by atoms with Crippen LogP contribution in [0.2, 0.25) is 0 Å². The number of thiocarbonyl (C=S) groups is 1. The third kappa shape index (κ3) is 2.53. The topological polar surface area (TPSA) is 56.7 Å². The van der Waals surface area contributed by atoms with E-state index < -0.39 is 0 Å². The Balaban J connectivity index is 2.36. The summed E-state index contributed by atoms with van der Waals surface area (Å²) >= 11 is 4.88. The Labute approximate surface area is 110 Å². The Morgan fingerprint density at radius 3 is 2.72 bits per heavy atom. The molecule has 6 heteroatoms. The molecule has 0 radical (unpaired) electrons. The molecule has 94 valence electrons. The van der Waals surface area contributed by atoms with Gasteiger partial charge in [-0.3, -0.25) is 0 Å². The summed E-state index contributed by atoms with van der Waals surface area (Å²) in [7, 11) is 0. The Kier molecular flexibility index (Phi) is 3.38. The van der Waals surface area contributed by atoms with Crippen LogP contribution >= 0.6 is 12.2 Å². The van der Waals surface area contributed by atoms with Gasteiger partial charge in [0.1, 0.15) is 22.5 Å². The molecule has 4 nitrogen and oxygen atoms in total. The summed E-state index contributed by atoms with van der Waals surface area (Å²) in [4.78, 5) is 4.43. The molecule has 0 aliphatic carbocycles. The van der Waals surface area contributed by atoms with Crippen molar-refractivity contribution in [3.63, 3.8) is 0 Å². The maximum absolute atomic E-state index is 13.7. The predicted octanol–water partition coefficient (Wildman–Crippen LogP) is 1.72. The predicted molar refractivity (Wildman–Crippen MR) is 70.9 cm³/mol. The summed E-state index contributed by atoms with van der Waals surface area (Å²) in [5.41, 5.74) is 6.68. The van der Waals surface area contributed by atoms with Crippen LogP contribution in [0.4, 0.5) is 4.39 Å². The molecule has 0 unspecified atom stereocenters. The van der Waals surface area contributed by atoms with Crippen molar-refractivity contribution in [2.75, 3.05) is 0 Å². The molecule has 0 atom stereocenters. The molecule has 2 rings (SSSR count). The fourth-order valence-electron chi connectivity index (χ4n) is 1.72. The van der Waals surface area contributed by atoms with Gasteiger partial charge in [-0.25, -0.2) is 14.1 Å². The maximum Gasteiger partial charge on any atom is 0.147 e. The van der Waals surface area contributed by atoms with E-state index in [1.165, 1.54) is 6.07 Å². The van der Waals surface area contributed by atoms with Gasteiger partial charge in [-0.15, -0.1) is 0 Å². The molecule has 1 heterocycles. The third-order valence-corrected chi connectivity index (χ3v) is 2.85.